The second-order valence-corrected chi connectivity index (χ2v) is 3.48. The Morgan fingerprint density at radius 2 is 2.25 bits per heavy atom. The summed E-state index contributed by atoms with van der Waals surface area (Å²) in [6.07, 6.45) is 2.77. The molecule has 0 aliphatic rings. The summed E-state index contributed by atoms with van der Waals surface area (Å²) in [5.41, 5.74) is 0. The van der Waals surface area contributed by atoms with Crippen LogP contribution in [0.5, 0.6) is 0 Å². The normalized spacial score (nSPS) is 12.4. The van der Waals surface area contributed by atoms with Crippen molar-refractivity contribution in [1.82, 2.24) is 5.32 Å². The smallest absolute Gasteiger partial charge is 0.137 e. The van der Waals surface area contributed by atoms with Crippen molar-refractivity contribution in [2.45, 2.75) is 19.4 Å². The predicted molar refractivity (Wildman–Crippen MR) is 51.5 cm³/mol. The van der Waals surface area contributed by atoms with E-state index in [0.717, 1.165) is 25.5 Å². The molecule has 70 valence electrons. The highest BCUT2D eigenvalue weighted by atomic mass is 32.2. The van der Waals surface area contributed by atoms with Crippen molar-refractivity contribution in [2.75, 3.05) is 18.1 Å². The third kappa shape index (κ3) is 6.37. The van der Waals surface area contributed by atoms with Crippen LogP contribution in [0.2, 0.25) is 0 Å². The molecule has 1 atom stereocenters. The number of hydrogen-bond donors (Lipinski definition) is 1. The van der Waals surface area contributed by atoms with E-state index in [1.807, 2.05) is 6.92 Å². The molecule has 0 rings (SSSR count). The summed E-state index contributed by atoms with van der Waals surface area (Å²) in [7, 11) is 0. The summed E-state index contributed by atoms with van der Waals surface area (Å²) in [5, 5.41) is 3.07. The van der Waals surface area contributed by atoms with Crippen LogP contribution in [0.3, 0.4) is 0 Å². The topological polar surface area (TPSA) is 46.2 Å². The van der Waals surface area contributed by atoms with Crippen molar-refractivity contribution in [3.63, 3.8) is 0 Å². The maximum atomic E-state index is 10.4. The lowest BCUT2D eigenvalue weighted by molar-refractivity contribution is -0.109. The van der Waals surface area contributed by atoms with Crippen molar-refractivity contribution >= 4 is 24.3 Å². The third-order valence-corrected chi connectivity index (χ3v) is 2.27. The molecule has 0 aliphatic heterocycles. The molecule has 12 heavy (non-hydrogen) atoms. The molecule has 0 saturated carbocycles. The van der Waals surface area contributed by atoms with Gasteiger partial charge in [-0.2, -0.15) is 11.8 Å². The van der Waals surface area contributed by atoms with Crippen molar-refractivity contribution in [3.05, 3.63) is 0 Å². The van der Waals surface area contributed by atoms with Gasteiger partial charge in [-0.3, -0.25) is 0 Å². The van der Waals surface area contributed by atoms with Gasteiger partial charge in [-0.25, -0.2) is 0 Å². The van der Waals surface area contributed by atoms with E-state index in [2.05, 4.69) is 5.32 Å². The van der Waals surface area contributed by atoms with Crippen LogP contribution in [0, 0.1) is 0 Å². The van der Waals surface area contributed by atoms with Gasteiger partial charge in [-0.05, 0) is 13.0 Å². The molecule has 3 nitrogen and oxygen atoms in total. The van der Waals surface area contributed by atoms with E-state index in [0.29, 0.717) is 11.5 Å². The van der Waals surface area contributed by atoms with Crippen LogP contribution in [0.15, 0.2) is 0 Å². The number of hydrogen-bond acceptors (Lipinski definition) is 4. The number of carbonyl (C=O) groups excluding carboxylic acids is 2. The van der Waals surface area contributed by atoms with E-state index in [1.54, 1.807) is 0 Å². The SMILES string of the molecule is CCCNC(C=O)CSCC=O. The van der Waals surface area contributed by atoms with Gasteiger partial charge in [0.2, 0.25) is 0 Å². The lowest BCUT2D eigenvalue weighted by Gasteiger charge is -2.09. The Kier molecular flexibility index (Phi) is 8.49. The van der Waals surface area contributed by atoms with Gasteiger partial charge in [0.15, 0.2) is 0 Å². The molecule has 0 amide bonds. The second kappa shape index (κ2) is 8.74. The molecule has 1 unspecified atom stereocenters. The summed E-state index contributed by atoms with van der Waals surface area (Å²) in [6, 6.07) is -0.102. The minimum absolute atomic E-state index is 0.102. The molecule has 0 radical (unpaired) electrons. The Labute approximate surface area is 77.3 Å². The van der Waals surface area contributed by atoms with Crippen LogP contribution in [0.1, 0.15) is 13.3 Å². The number of rotatable bonds is 8. The zero-order chi connectivity index (χ0) is 9.23. The van der Waals surface area contributed by atoms with Crippen molar-refractivity contribution < 1.29 is 9.59 Å². The first kappa shape index (κ1) is 11.6. The number of aldehydes is 2. The summed E-state index contributed by atoms with van der Waals surface area (Å²) < 4.78 is 0. The van der Waals surface area contributed by atoms with E-state index in [1.165, 1.54) is 11.8 Å². The van der Waals surface area contributed by atoms with Gasteiger partial charge in [0.05, 0.1) is 6.04 Å². The molecule has 0 saturated heterocycles. The van der Waals surface area contributed by atoms with Crippen molar-refractivity contribution in [3.8, 4) is 0 Å². The zero-order valence-electron chi connectivity index (χ0n) is 7.29. The molecule has 0 aromatic heterocycles. The standard InChI is InChI=1S/C8H15NO2S/c1-2-3-9-8(6-11)7-12-5-4-10/h4,6,8-9H,2-3,5,7H2,1H3. The van der Waals surface area contributed by atoms with Crippen LogP contribution >= 0.6 is 11.8 Å². The van der Waals surface area contributed by atoms with Crippen LogP contribution in [0.4, 0.5) is 0 Å². The number of thioether (sulfide) groups is 1. The molecule has 0 bridgehead atoms. The highest BCUT2D eigenvalue weighted by Gasteiger charge is 2.04. The average molecular weight is 189 g/mol. The molecule has 1 N–H and O–H groups in total. The van der Waals surface area contributed by atoms with E-state index in [4.69, 9.17) is 0 Å². The average Bonchev–Trinajstić information content (AvgIpc) is 2.11. The first-order valence-corrected chi connectivity index (χ1v) is 5.20. The van der Waals surface area contributed by atoms with Gasteiger partial charge in [-0.15, -0.1) is 0 Å². The Morgan fingerprint density at radius 1 is 1.50 bits per heavy atom. The lowest BCUT2D eigenvalue weighted by Crippen LogP contribution is -2.33. The van der Waals surface area contributed by atoms with Crippen molar-refractivity contribution in [1.29, 1.82) is 0 Å². The highest BCUT2D eigenvalue weighted by molar-refractivity contribution is 7.99. The second-order valence-electron chi connectivity index (χ2n) is 2.40. The fourth-order valence-corrected chi connectivity index (χ4v) is 1.40. The van der Waals surface area contributed by atoms with E-state index < -0.39 is 0 Å². The van der Waals surface area contributed by atoms with Gasteiger partial charge in [0, 0.05) is 11.5 Å². The zero-order valence-corrected chi connectivity index (χ0v) is 8.10. The monoisotopic (exact) mass is 189 g/mol. The summed E-state index contributed by atoms with van der Waals surface area (Å²) in [6.45, 7) is 2.90. The van der Waals surface area contributed by atoms with Gasteiger partial charge in [0.1, 0.15) is 12.6 Å². The molecule has 0 aliphatic carbocycles. The Bertz CT molecular complexity index is 130. The Morgan fingerprint density at radius 3 is 2.75 bits per heavy atom. The third-order valence-electron chi connectivity index (χ3n) is 1.30. The summed E-state index contributed by atoms with van der Waals surface area (Å²) in [5.74, 6) is 1.15. The molecule has 4 heteroatoms. The summed E-state index contributed by atoms with van der Waals surface area (Å²) in [4.78, 5) is 20.4. The maximum absolute atomic E-state index is 10.4. The van der Waals surface area contributed by atoms with Gasteiger partial charge >= 0.3 is 0 Å². The minimum Gasteiger partial charge on any atom is -0.307 e. The first-order chi connectivity index (χ1) is 5.85. The minimum atomic E-state index is -0.102. The van der Waals surface area contributed by atoms with Crippen LogP contribution in [-0.2, 0) is 9.59 Å². The number of nitrogens with one attached hydrogen (secondary N) is 1. The lowest BCUT2D eigenvalue weighted by atomic mass is 10.3. The van der Waals surface area contributed by atoms with Gasteiger partial charge < -0.3 is 14.9 Å². The predicted octanol–water partition coefficient (Wildman–Crippen LogP) is 0.486. The fourth-order valence-electron chi connectivity index (χ4n) is 0.719. The van der Waals surface area contributed by atoms with Gasteiger partial charge in [-0.1, -0.05) is 6.92 Å². The summed E-state index contributed by atoms with van der Waals surface area (Å²) >= 11 is 1.47. The number of carbonyl (C=O) groups is 2. The molecule has 0 fully saturated rings. The Balaban J connectivity index is 3.38. The Hall–Kier alpha value is -0.350. The molecule has 0 heterocycles. The van der Waals surface area contributed by atoms with Crippen LogP contribution in [-0.4, -0.2) is 36.7 Å². The molecule has 0 spiro atoms. The van der Waals surface area contributed by atoms with Gasteiger partial charge in [0.25, 0.3) is 0 Å². The van der Waals surface area contributed by atoms with E-state index >= 15 is 0 Å². The van der Waals surface area contributed by atoms with E-state index in [-0.39, 0.29) is 6.04 Å². The molecule has 0 aromatic carbocycles. The molecular weight excluding hydrogens is 174 g/mol. The quantitative estimate of drug-likeness (QED) is 0.446. The van der Waals surface area contributed by atoms with E-state index in [9.17, 15) is 9.59 Å². The largest absolute Gasteiger partial charge is 0.307 e. The molecular formula is C8H15NO2S. The fraction of sp³-hybridized carbons (Fsp3) is 0.750. The van der Waals surface area contributed by atoms with Crippen LogP contribution < -0.4 is 5.32 Å². The maximum Gasteiger partial charge on any atom is 0.137 e. The molecule has 0 aromatic rings. The van der Waals surface area contributed by atoms with Crippen LogP contribution in [0.25, 0.3) is 0 Å². The first-order valence-electron chi connectivity index (χ1n) is 4.05. The highest BCUT2D eigenvalue weighted by Crippen LogP contribution is 1.99. The van der Waals surface area contributed by atoms with Crippen molar-refractivity contribution in [2.24, 2.45) is 0 Å².